The van der Waals surface area contributed by atoms with E-state index in [9.17, 15) is 39.0 Å². The van der Waals surface area contributed by atoms with Crippen LogP contribution in [0.5, 0.6) is 0 Å². The number of aliphatic hydroxyl groups is 1. The van der Waals surface area contributed by atoms with Crippen LogP contribution in [-0.4, -0.2) is 89.1 Å². The van der Waals surface area contributed by atoms with E-state index in [1.165, 1.54) is 6.92 Å². The minimum atomic E-state index is -1.57. The molecule has 2 aromatic carbocycles. The molecule has 0 bridgehead atoms. The third-order valence-corrected chi connectivity index (χ3v) is 8.39. The quantitative estimate of drug-likeness (QED) is 0.0925. The number of nitrogens with two attached hydrogens (primary N) is 1. The molecule has 5 atom stereocenters. The Morgan fingerprint density at radius 1 is 0.692 bits per heavy atom. The van der Waals surface area contributed by atoms with Crippen LogP contribution in [0.3, 0.4) is 0 Å². The van der Waals surface area contributed by atoms with Gasteiger partial charge in [0.2, 0.25) is 23.6 Å². The van der Waals surface area contributed by atoms with Crippen molar-refractivity contribution in [2.45, 2.75) is 109 Å². The average molecular weight is 725 g/mol. The van der Waals surface area contributed by atoms with Crippen molar-refractivity contribution in [2.75, 3.05) is 13.2 Å². The highest BCUT2D eigenvalue weighted by atomic mass is 16.4. The molecule has 0 unspecified atom stereocenters. The summed E-state index contributed by atoms with van der Waals surface area (Å²) in [7, 11) is 0. The van der Waals surface area contributed by atoms with E-state index >= 15 is 0 Å². The Morgan fingerprint density at radius 2 is 1.25 bits per heavy atom. The van der Waals surface area contributed by atoms with Crippen molar-refractivity contribution in [1.29, 1.82) is 0 Å². The first-order chi connectivity index (χ1) is 24.5. The molecular weight excluding hydrogens is 668 g/mol. The van der Waals surface area contributed by atoms with Gasteiger partial charge >= 0.3 is 5.97 Å². The number of aliphatic hydroxyl groups excluding tert-OH is 1. The monoisotopic (exact) mass is 724 g/mol. The molecule has 5 amide bonds. The zero-order chi connectivity index (χ0) is 39.0. The van der Waals surface area contributed by atoms with Gasteiger partial charge in [-0.05, 0) is 73.7 Å². The van der Waals surface area contributed by atoms with Crippen molar-refractivity contribution in [3.8, 4) is 0 Å². The van der Waals surface area contributed by atoms with Gasteiger partial charge in [0.15, 0.2) is 0 Å². The Balaban J connectivity index is 2.21. The third-order valence-electron chi connectivity index (χ3n) is 8.39. The van der Waals surface area contributed by atoms with Crippen molar-refractivity contribution in [1.82, 2.24) is 26.6 Å². The molecule has 0 saturated carbocycles. The second-order valence-corrected chi connectivity index (χ2v) is 14.4. The van der Waals surface area contributed by atoms with Crippen LogP contribution < -0.4 is 32.3 Å². The third kappa shape index (κ3) is 14.4. The molecule has 2 aromatic rings. The van der Waals surface area contributed by atoms with Gasteiger partial charge in [0, 0.05) is 12.0 Å². The predicted molar refractivity (Wildman–Crippen MR) is 197 cm³/mol. The first kappa shape index (κ1) is 43.3. The first-order valence-corrected chi connectivity index (χ1v) is 17.7. The number of aliphatic carboxylic acids is 1. The van der Waals surface area contributed by atoms with Gasteiger partial charge in [-0.1, -0.05) is 77.1 Å². The molecule has 0 saturated heterocycles. The lowest BCUT2D eigenvalue weighted by Crippen LogP contribution is -2.58. The van der Waals surface area contributed by atoms with E-state index in [0.29, 0.717) is 24.9 Å². The Morgan fingerprint density at radius 3 is 1.79 bits per heavy atom. The number of hydrogen-bond donors (Lipinski definition) is 8. The van der Waals surface area contributed by atoms with Crippen LogP contribution in [0.15, 0.2) is 54.6 Å². The fraction of sp³-hybridized carbons (Fsp3) is 0.526. The summed E-state index contributed by atoms with van der Waals surface area (Å²) in [5.41, 5.74) is 7.68. The summed E-state index contributed by atoms with van der Waals surface area (Å²) in [6, 6.07) is 10.3. The van der Waals surface area contributed by atoms with Crippen LogP contribution in [0.4, 0.5) is 0 Å². The van der Waals surface area contributed by atoms with E-state index < -0.39 is 72.3 Å². The number of amides is 5. The number of carboxylic acids is 1. The predicted octanol–water partition coefficient (Wildman–Crippen LogP) is 1.54. The van der Waals surface area contributed by atoms with Crippen molar-refractivity contribution in [2.24, 2.45) is 11.7 Å². The van der Waals surface area contributed by atoms with Crippen LogP contribution in [0.25, 0.3) is 0 Å². The fourth-order valence-electron chi connectivity index (χ4n) is 5.29. The normalized spacial score (nSPS) is 14.2. The highest BCUT2D eigenvalue weighted by molar-refractivity contribution is 5.99. The van der Waals surface area contributed by atoms with Crippen LogP contribution in [0.1, 0.15) is 88.7 Å². The van der Waals surface area contributed by atoms with Crippen molar-refractivity contribution >= 4 is 35.5 Å². The summed E-state index contributed by atoms with van der Waals surface area (Å²) >= 11 is 0. The van der Waals surface area contributed by atoms with Crippen molar-refractivity contribution in [3.05, 3.63) is 71.3 Å². The van der Waals surface area contributed by atoms with Gasteiger partial charge in [0.1, 0.15) is 30.2 Å². The molecule has 0 aromatic heterocycles. The Labute approximate surface area is 306 Å². The van der Waals surface area contributed by atoms with E-state index in [1.54, 1.807) is 12.1 Å². The molecule has 286 valence electrons. The molecule has 14 heteroatoms. The molecule has 0 heterocycles. The van der Waals surface area contributed by atoms with Crippen LogP contribution in [0, 0.1) is 5.92 Å². The topological polar surface area (TPSA) is 229 Å². The van der Waals surface area contributed by atoms with Gasteiger partial charge in [0.25, 0.3) is 5.91 Å². The molecule has 0 radical (unpaired) electrons. The summed E-state index contributed by atoms with van der Waals surface area (Å²) in [4.78, 5) is 78.2. The number of benzene rings is 2. The fourth-order valence-corrected chi connectivity index (χ4v) is 5.29. The highest BCUT2D eigenvalue weighted by Crippen LogP contribution is 2.22. The Hall–Kier alpha value is -4.82. The molecule has 0 aliphatic heterocycles. The zero-order valence-corrected chi connectivity index (χ0v) is 31.0. The first-order valence-electron chi connectivity index (χ1n) is 17.7. The lowest BCUT2D eigenvalue weighted by molar-refractivity contribution is -0.143. The molecule has 9 N–H and O–H groups in total. The maximum atomic E-state index is 13.6. The van der Waals surface area contributed by atoms with Crippen LogP contribution in [-0.2, 0) is 35.8 Å². The van der Waals surface area contributed by atoms with Crippen molar-refractivity contribution < 1.29 is 39.0 Å². The maximum Gasteiger partial charge on any atom is 0.328 e. The maximum absolute atomic E-state index is 13.6. The number of carbonyl (C=O) groups is 6. The smallest absolute Gasteiger partial charge is 0.328 e. The summed E-state index contributed by atoms with van der Waals surface area (Å²) in [6.45, 7) is 10.8. The van der Waals surface area contributed by atoms with E-state index in [-0.39, 0.29) is 30.6 Å². The van der Waals surface area contributed by atoms with Gasteiger partial charge in [-0.3, -0.25) is 24.0 Å². The van der Waals surface area contributed by atoms with E-state index in [1.807, 2.05) is 56.3 Å². The Kier molecular flexibility index (Phi) is 17.4. The second-order valence-electron chi connectivity index (χ2n) is 14.4. The number of unbranched alkanes of at least 4 members (excludes halogenated alkanes) is 1. The SMILES string of the molecule is CC(C)C[C@H](NC(=O)[C@H](C)NC(=O)[C@H](Cc1ccccc1)NC(=O)c1ccc(C(C)(C)C)cc1)C(=O)N[C@@H](CCCCN)C(=O)N[C@@H](CO)C(=O)O. The number of carboxylic acid groups (broad SMARTS) is 1. The summed E-state index contributed by atoms with van der Waals surface area (Å²) in [5, 5.41) is 31.6. The molecule has 0 spiro atoms. The average Bonchev–Trinajstić information content (AvgIpc) is 3.09. The van der Waals surface area contributed by atoms with Gasteiger partial charge in [0.05, 0.1) is 6.61 Å². The van der Waals surface area contributed by atoms with Gasteiger partial charge in [-0.2, -0.15) is 0 Å². The molecule has 2 rings (SSSR count). The summed E-state index contributed by atoms with van der Waals surface area (Å²) < 4.78 is 0. The summed E-state index contributed by atoms with van der Waals surface area (Å²) in [6.07, 6.45) is 1.46. The lowest BCUT2D eigenvalue weighted by atomic mass is 9.86. The number of rotatable bonds is 20. The Bertz CT molecular complexity index is 1490. The number of hydrogen-bond acceptors (Lipinski definition) is 8. The number of carbonyl (C=O) groups excluding carboxylic acids is 5. The molecule has 0 aliphatic rings. The van der Waals surface area contributed by atoms with E-state index in [2.05, 4.69) is 47.4 Å². The molecule has 14 nitrogen and oxygen atoms in total. The molecule has 52 heavy (non-hydrogen) atoms. The minimum absolute atomic E-state index is 0.0702. The van der Waals surface area contributed by atoms with E-state index in [0.717, 1.165) is 11.1 Å². The van der Waals surface area contributed by atoms with E-state index in [4.69, 9.17) is 5.73 Å². The lowest BCUT2D eigenvalue weighted by Gasteiger charge is -2.26. The van der Waals surface area contributed by atoms with Gasteiger partial charge in [-0.15, -0.1) is 0 Å². The highest BCUT2D eigenvalue weighted by Gasteiger charge is 2.31. The standard InChI is InChI=1S/C38H56N6O8/c1-23(2)20-29(36(50)41-28(14-10-11-19-39)34(48)44-31(22-45)37(51)52)42-32(46)24(3)40-35(49)30(21-25-12-8-7-9-13-25)43-33(47)26-15-17-27(18-16-26)38(4,5)6/h7-9,12-13,15-18,23-24,28-31,45H,10-11,14,19-22,39H2,1-6H3,(H,40,49)(H,41,50)(H,42,46)(H,43,47)(H,44,48)(H,51,52)/t24-,28-,29-,30-,31-/m0/s1. The van der Waals surface area contributed by atoms with Crippen LogP contribution in [0.2, 0.25) is 0 Å². The minimum Gasteiger partial charge on any atom is -0.480 e. The molecule has 0 fully saturated rings. The van der Waals surface area contributed by atoms with Gasteiger partial charge in [-0.25, -0.2) is 4.79 Å². The zero-order valence-electron chi connectivity index (χ0n) is 31.0. The van der Waals surface area contributed by atoms with Gasteiger partial charge < -0.3 is 42.5 Å². The largest absolute Gasteiger partial charge is 0.480 e. The van der Waals surface area contributed by atoms with Crippen LogP contribution >= 0.6 is 0 Å². The molecular formula is C38H56N6O8. The molecule has 0 aliphatic carbocycles. The number of nitrogens with one attached hydrogen (secondary N) is 5. The summed E-state index contributed by atoms with van der Waals surface area (Å²) in [5.74, 6) is -4.74. The second kappa shape index (κ2) is 20.9. The van der Waals surface area contributed by atoms with Crippen molar-refractivity contribution in [3.63, 3.8) is 0 Å².